The molecule has 0 spiro atoms. The van der Waals surface area contributed by atoms with Gasteiger partial charge in [-0.25, -0.2) is 0 Å². The molecule has 0 N–H and O–H groups in total. The second-order valence-corrected chi connectivity index (χ2v) is 3.76. The van der Waals surface area contributed by atoms with Gasteiger partial charge in [0.25, 0.3) is 0 Å². The summed E-state index contributed by atoms with van der Waals surface area (Å²) in [6.45, 7) is 0.334. The quantitative estimate of drug-likeness (QED) is 0.258. The number of nitro benzene ring substituents is 1. The van der Waals surface area contributed by atoms with Crippen molar-refractivity contribution in [3.05, 3.63) is 34.1 Å². The fourth-order valence-electron chi connectivity index (χ4n) is 1.52. The Kier molecular flexibility index (Phi) is 5.24. The van der Waals surface area contributed by atoms with Crippen LogP contribution in [0.3, 0.4) is 0 Å². The zero-order valence-electron chi connectivity index (χ0n) is 10.0. The molecule has 1 aromatic carbocycles. The SMILES string of the molecule is N#CCCCCN(C#N)c1ccc(F)c([N+](=O)[O-])c1. The Morgan fingerprint density at radius 2 is 2.11 bits per heavy atom. The average molecular weight is 262 g/mol. The van der Waals surface area contributed by atoms with Gasteiger partial charge in [-0.1, -0.05) is 0 Å². The van der Waals surface area contributed by atoms with Crippen LogP contribution in [0.25, 0.3) is 0 Å². The number of hydrogen-bond acceptors (Lipinski definition) is 5. The van der Waals surface area contributed by atoms with Crippen molar-refractivity contribution in [2.45, 2.75) is 19.3 Å². The summed E-state index contributed by atoms with van der Waals surface area (Å²) in [5.74, 6) is -0.934. The molecule has 1 aromatic rings. The van der Waals surface area contributed by atoms with Crippen LogP contribution in [0.15, 0.2) is 18.2 Å². The highest BCUT2D eigenvalue weighted by Gasteiger charge is 2.17. The normalized spacial score (nSPS) is 9.42. The summed E-state index contributed by atoms with van der Waals surface area (Å²) in [7, 11) is 0. The number of anilines is 1. The first-order chi connectivity index (χ1) is 9.10. The molecule has 7 heteroatoms. The first kappa shape index (κ1) is 14.4. The lowest BCUT2D eigenvalue weighted by Gasteiger charge is -2.14. The highest BCUT2D eigenvalue weighted by molar-refractivity contribution is 5.56. The van der Waals surface area contributed by atoms with Crippen molar-refractivity contribution < 1.29 is 9.31 Å². The summed E-state index contributed by atoms with van der Waals surface area (Å²) in [6.07, 6.45) is 3.52. The molecule has 1 rings (SSSR count). The minimum atomic E-state index is -0.934. The number of hydrogen-bond donors (Lipinski definition) is 0. The molecule has 0 amide bonds. The van der Waals surface area contributed by atoms with Crippen LogP contribution in [0.5, 0.6) is 0 Å². The Morgan fingerprint density at radius 1 is 1.37 bits per heavy atom. The van der Waals surface area contributed by atoms with Crippen LogP contribution >= 0.6 is 0 Å². The van der Waals surface area contributed by atoms with E-state index in [0.717, 1.165) is 12.1 Å². The highest BCUT2D eigenvalue weighted by Crippen LogP contribution is 2.24. The van der Waals surface area contributed by atoms with Gasteiger partial charge in [0.1, 0.15) is 0 Å². The van der Waals surface area contributed by atoms with Crippen molar-refractivity contribution in [2.75, 3.05) is 11.4 Å². The first-order valence-corrected chi connectivity index (χ1v) is 5.58. The van der Waals surface area contributed by atoms with Crippen molar-refractivity contribution in [3.63, 3.8) is 0 Å². The Bertz CT molecular complexity index is 548. The Balaban J connectivity index is 2.82. The molecule has 0 aromatic heterocycles. The molecule has 0 bridgehead atoms. The van der Waals surface area contributed by atoms with Gasteiger partial charge in [0.15, 0.2) is 6.19 Å². The van der Waals surface area contributed by atoms with Gasteiger partial charge in [-0.2, -0.15) is 14.9 Å². The molecule has 0 aliphatic carbocycles. The molecule has 6 nitrogen and oxygen atoms in total. The lowest BCUT2D eigenvalue weighted by atomic mass is 10.2. The first-order valence-electron chi connectivity index (χ1n) is 5.58. The van der Waals surface area contributed by atoms with Crippen LogP contribution in [0.1, 0.15) is 19.3 Å². The molecular weight excluding hydrogens is 251 g/mol. The van der Waals surface area contributed by atoms with Gasteiger partial charge < -0.3 is 0 Å². The van der Waals surface area contributed by atoms with E-state index in [1.807, 2.05) is 12.3 Å². The zero-order chi connectivity index (χ0) is 14.3. The number of rotatable bonds is 6. The smallest absolute Gasteiger partial charge is 0.279 e. The summed E-state index contributed by atoms with van der Waals surface area (Å²) in [5, 5.41) is 28.0. The molecule has 0 heterocycles. The van der Waals surface area contributed by atoms with Crippen LogP contribution < -0.4 is 4.90 Å². The van der Waals surface area contributed by atoms with E-state index in [9.17, 15) is 14.5 Å². The Morgan fingerprint density at radius 3 is 2.68 bits per heavy atom. The lowest BCUT2D eigenvalue weighted by molar-refractivity contribution is -0.387. The largest absolute Gasteiger partial charge is 0.306 e. The number of nitrogens with zero attached hydrogens (tertiary/aromatic N) is 4. The van der Waals surface area contributed by atoms with Crippen LogP contribution in [0.2, 0.25) is 0 Å². The van der Waals surface area contributed by atoms with Crippen molar-refractivity contribution in [3.8, 4) is 12.3 Å². The van der Waals surface area contributed by atoms with Gasteiger partial charge >= 0.3 is 5.69 Å². The van der Waals surface area contributed by atoms with Gasteiger partial charge in [-0.3, -0.25) is 15.0 Å². The topological polar surface area (TPSA) is 94.0 Å². The molecule has 0 unspecified atom stereocenters. The number of unbranched alkanes of at least 4 members (excludes halogenated alkanes) is 2. The van der Waals surface area contributed by atoms with Crippen molar-refractivity contribution >= 4 is 11.4 Å². The third-order valence-corrected chi connectivity index (χ3v) is 2.48. The molecule has 0 radical (unpaired) electrons. The third-order valence-electron chi connectivity index (χ3n) is 2.48. The van der Waals surface area contributed by atoms with E-state index in [4.69, 9.17) is 10.5 Å². The summed E-state index contributed by atoms with van der Waals surface area (Å²) < 4.78 is 13.2. The molecule has 0 fully saturated rings. The summed E-state index contributed by atoms with van der Waals surface area (Å²) in [6, 6.07) is 5.30. The molecule has 0 saturated heterocycles. The van der Waals surface area contributed by atoms with Crippen LogP contribution in [0, 0.1) is 38.7 Å². The van der Waals surface area contributed by atoms with E-state index in [-0.39, 0.29) is 5.69 Å². The minimum absolute atomic E-state index is 0.271. The van der Waals surface area contributed by atoms with Gasteiger partial charge in [-0.05, 0) is 25.0 Å². The van der Waals surface area contributed by atoms with Crippen LogP contribution in [-0.2, 0) is 0 Å². The summed E-state index contributed by atoms with van der Waals surface area (Å²) in [4.78, 5) is 11.0. The second kappa shape index (κ2) is 6.92. The molecule has 0 atom stereocenters. The molecular formula is C12H11FN4O2. The summed E-state index contributed by atoms with van der Waals surface area (Å²) >= 11 is 0. The van der Waals surface area contributed by atoms with E-state index in [2.05, 4.69) is 0 Å². The fraction of sp³-hybridized carbons (Fsp3) is 0.333. The fourth-order valence-corrected chi connectivity index (χ4v) is 1.52. The molecule has 0 aliphatic heterocycles. The second-order valence-electron chi connectivity index (χ2n) is 3.76. The zero-order valence-corrected chi connectivity index (χ0v) is 10.0. The number of nitro groups is 1. The molecule has 0 saturated carbocycles. The van der Waals surface area contributed by atoms with E-state index < -0.39 is 16.4 Å². The van der Waals surface area contributed by atoms with Crippen LogP contribution in [-0.4, -0.2) is 11.5 Å². The van der Waals surface area contributed by atoms with Crippen LogP contribution in [0.4, 0.5) is 15.8 Å². The number of benzene rings is 1. The molecule has 19 heavy (non-hydrogen) atoms. The monoisotopic (exact) mass is 262 g/mol. The van der Waals surface area contributed by atoms with E-state index >= 15 is 0 Å². The van der Waals surface area contributed by atoms with Gasteiger partial charge in [-0.15, -0.1) is 0 Å². The van der Waals surface area contributed by atoms with Gasteiger partial charge in [0.2, 0.25) is 5.82 Å². The van der Waals surface area contributed by atoms with E-state index in [1.54, 1.807) is 0 Å². The predicted molar refractivity (Wildman–Crippen MR) is 65.5 cm³/mol. The van der Waals surface area contributed by atoms with Gasteiger partial charge in [0.05, 0.1) is 16.7 Å². The number of halogens is 1. The molecule has 0 aliphatic rings. The van der Waals surface area contributed by atoms with Crippen molar-refractivity contribution in [1.82, 2.24) is 0 Å². The third kappa shape index (κ3) is 3.93. The maximum Gasteiger partial charge on any atom is 0.306 e. The maximum absolute atomic E-state index is 13.2. The lowest BCUT2D eigenvalue weighted by Crippen LogP contribution is -2.18. The summed E-state index contributed by atoms with van der Waals surface area (Å²) in [5.41, 5.74) is -0.387. The van der Waals surface area contributed by atoms with E-state index in [1.165, 1.54) is 11.0 Å². The maximum atomic E-state index is 13.2. The molecule has 98 valence electrons. The van der Waals surface area contributed by atoms with Gasteiger partial charge in [0, 0.05) is 19.0 Å². The van der Waals surface area contributed by atoms with Crippen molar-refractivity contribution in [1.29, 1.82) is 10.5 Å². The predicted octanol–water partition coefficient (Wildman–Crippen LogP) is 2.72. The van der Waals surface area contributed by atoms with Crippen molar-refractivity contribution in [2.24, 2.45) is 0 Å². The highest BCUT2D eigenvalue weighted by atomic mass is 19.1. The Hall–Kier alpha value is -2.67. The standard InChI is InChI=1S/C12H11FN4O2/c13-11-5-4-10(8-12(11)17(18)19)16(9-15)7-3-1-2-6-14/h4-5,8H,1-3,7H2. The average Bonchev–Trinajstić information content (AvgIpc) is 2.40. The number of nitriles is 2. The van der Waals surface area contributed by atoms with E-state index in [0.29, 0.717) is 25.8 Å². The Labute approximate surface area is 109 Å². The minimum Gasteiger partial charge on any atom is -0.279 e.